The smallest absolute Gasteiger partial charge is 0.251 e. The summed E-state index contributed by atoms with van der Waals surface area (Å²) >= 11 is 0. The maximum atomic E-state index is 12.4. The molecule has 0 fully saturated rings. The molecular weight excluding hydrogens is 326 g/mol. The Morgan fingerprint density at radius 3 is 2.31 bits per heavy atom. The van der Waals surface area contributed by atoms with E-state index in [9.17, 15) is 9.59 Å². The van der Waals surface area contributed by atoms with Gasteiger partial charge in [0.2, 0.25) is 5.91 Å². The lowest BCUT2D eigenvalue weighted by Gasteiger charge is -2.16. The topological polar surface area (TPSA) is 71.1 Å². The van der Waals surface area contributed by atoms with Crippen molar-refractivity contribution in [1.82, 2.24) is 15.6 Å². The number of carbonyl (C=O) groups is 2. The molecule has 2 amide bonds. The Hall–Kier alpha value is -2.69. The summed E-state index contributed by atoms with van der Waals surface area (Å²) < 4.78 is 0. The summed E-state index contributed by atoms with van der Waals surface area (Å²) in [7, 11) is 1.57. The molecule has 138 valence electrons. The highest BCUT2D eigenvalue weighted by molar-refractivity contribution is 5.97. The van der Waals surface area contributed by atoms with E-state index in [-0.39, 0.29) is 11.8 Å². The van der Waals surface area contributed by atoms with Crippen LogP contribution in [-0.2, 0) is 4.79 Å². The van der Waals surface area contributed by atoms with Gasteiger partial charge in [-0.25, -0.2) is 0 Å². The van der Waals surface area contributed by atoms with Crippen LogP contribution < -0.4 is 10.6 Å². The first kappa shape index (κ1) is 19.6. The molecule has 26 heavy (non-hydrogen) atoms. The number of aryl methyl sites for hydroxylation is 2. The van der Waals surface area contributed by atoms with Crippen LogP contribution >= 0.6 is 0 Å². The molecule has 0 saturated heterocycles. The van der Waals surface area contributed by atoms with Crippen molar-refractivity contribution >= 4 is 11.8 Å². The summed E-state index contributed by atoms with van der Waals surface area (Å²) in [4.78, 5) is 28.9. The fourth-order valence-corrected chi connectivity index (χ4v) is 2.81. The Morgan fingerprint density at radius 1 is 1.12 bits per heavy atom. The summed E-state index contributed by atoms with van der Waals surface area (Å²) in [6.07, 6.45) is 1.42. The second-order valence-electron chi connectivity index (χ2n) is 6.54. The lowest BCUT2D eigenvalue weighted by Crippen LogP contribution is -2.45. The number of nitrogens with zero attached hydrogens (tertiary/aromatic N) is 1. The number of likely N-dealkylation sites (N-methyl/N-ethyl adjacent to an activating group) is 1. The van der Waals surface area contributed by atoms with Gasteiger partial charge in [0, 0.05) is 23.9 Å². The quantitative estimate of drug-likeness (QED) is 0.837. The van der Waals surface area contributed by atoms with E-state index >= 15 is 0 Å². The number of amides is 2. The van der Waals surface area contributed by atoms with Gasteiger partial charge < -0.3 is 10.6 Å². The molecule has 2 aromatic rings. The van der Waals surface area contributed by atoms with E-state index in [2.05, 4.69) is 35.5 Å². The summed E-state index contributed by atoms with van der Waals surface area (Å²) in [5.41, 5.74) is 5.79. The first-order valence-corrected chi connectivity index (χ1v) is 8.95. The van der Waals surface area contributed by atoms with Crippen molar-refractivity contribution in [2.24, 2.45) is 0 Å². The minimum absolute atomic E-state index is 0.174. The van der Waals surface area contributed by atoms with Crippen molar-refractivity contribution in [3.63, 3.8) is 0 Å². The molecule has 0 aliphatic heterocycles. The molecule has 5 nitrogen and oxygen atoms in total. The molecule has 0 radical (unpaired) electrons. The zero-order valence-electron chi connectivity index (χ0n) is 16.1. The lowest BCUT2D eigenvalue weighted by molar-refractivity contribution is -0.122. The summed E-state index contributed by atoms with van der Waals surface area (Å²) in [5, 5.41) is 5.39. The van der Waals surface area contributed by atoms with E-state index in [1.807, 2.05) is 26.0 Å². The number of aromatic nitrogens is 1. The van der Waals surface area contributed by atoms with Crippen LogP contribution in [0.25, 0.3) is 11.3 Å². The molecule has 0 spiro atoms. The first-order chi connectivity index (χ1) is 12.4. The van der Waals surface area contributed by atoms with Crippen LogP contribution in [0.5, 0.6) is 0 Å². The molecule has 5 heteroatoms. The van der Waals surface area contributed by atoms with Crippen LogP contribution in [0.4, 0.5) is 0 Å². The molecule has 0 aliphatic rings. The average Bonchev–Trinajstić information content (AvgIpc) is 2.64. The minimum atomic E-state index is -0.513. The number of hydrogen-bond donors (Lipinski definition) is 2. The van der Waals surface area contributed by atoms with E-state index in [0.29, 0.717) is 12.0 Å². The van der Waals surface area contributed by atoms with Crippen molar-refractivity contribution in [2.75, 3.05) is 7.05 Å². The summed E-state index contributed by atoms with van der Waals surface area (Å²) in [6.45, 7) is 8.12. The van der Waals surface area contributed by atoms with Crippen molar-refractivity contribution in [2.45, 2.75) is 46.6 Å². The number of pyridine rings is 1. The van der Waals surface area contributed by atoms with Gasteiger partial charge in [0.1, 0.15) is 6.04 Å². The molecule has 2 N–H and O–H groups in total. The molecule has 1 heterocycles. The fourth-order valence-electron chi connectivity index (χ4n) is 2.81. The van der Waals surface area contributed by atoms with Gasteiger partial charge in [-0.2, -0.15) is 0 Å². The molecule has 2 rings (SSSR count). The molecule has 0 aliphatic carbocycles. The predicted molar refractivity (Wildman–Crippen MR) is 104 cm³/mol. The van der Waals surface area contributed by atoms with E-state index in [1.165, 1.54) is 11.1 Å². The molecule has 0 saturated carbocycles. The van der Waals surface area contributed by atoms with E-state index < -0.39 is 6.04 Å². The highest BCUT2D eigenvalue weighted by Gasteiger charge is 2.19. The van der Waals surface area contributed by atoms with Crippen molar-refractivity contribution < 1.29 is 9.59 Å². The van der Waals surface area contributed by atoms with Gasteiger partial charge in [-0.3, -0.25) is 14.6 Å². The number of hydrogen-bond acceptors (Lipinski definition) is 3. The molecule has 1 aromatic heterocycles. The Kier molecular flexibility index (Phi) is 6.50. The Labute approximate surface area is 155 Å². The van der Waals surface area contributed by atoms with Gasteiger partial charge >= 0.3 is 0 Å². The largest absolute Gasteiger partial charge is 0.357 e. The number of benzene rings is 1. The van der Waals surface area contributed by atoms with E-state index in [1.54, 1.807) is 19.2 Å². The standard InChI is InChI=1S/C21H27N3O2/c1-6-7-18(21(26)22-5)24-20(25)17-10-8-16(9-11-17)19-12-13(2)14(3)15(4)23-19/h8-12,18H,6-7H2,1-5H3,(H,22,26)(H,24,25). The molecule has 1 aromatic carbocycles. The van der Waals surface area contributed by atoms with Crippen LogP contribution in [0.1, 0.15) is 46.9 Å². The second kappa shape index (κ2) is 8.61. The highest BCUT2D eigenvalue weighted by Crippen LogP contribution is 2.22. The zero-order valence-corrected chi connectivity index (χ0v) is 16.1. The number of rotatable bonds is 6. The van der Waals surface area contributed by atoms with Crippen LogP contribution in [0.3, 0.4) is 0 Å². The predicted octanol–water partition coefficient (Wildman–Crippen LogP) is 3.32. The van der Waals surface area contributed by atoms with Gasteiger partial charge in [0.15, 0.2) is 0 Å². The van der Waals surface area contributed by atoms with E-state index in [0.717, 1.165) is 23.4 Å². The van der Waals surface area contributed by atoms with Gasteiger partial charge in [0.25, 0.3) is 5.91 Å². The number of nitrogens with one attached hydrogen (secondary N) is 2. The van der Waals surface area contributed by atoms with Gasteiger partial charge in [-0.15, -0.1) is 0 Å². The van der Waals surface area contributed by atoms with Crippen LogP contribution in [0, 0.1) is 20.8 Å². The van der Waals surface area contributed by atoms with Crippen molar-refractivity contribution in [3.8, 4) is 11.3 Å². The van der Waals surface area contributed by atoms with Gasteiger partial charge in [-0.05, 0) is 56.5 Å². The van der Waals surface area contributed by atoms with Crippen LogP contribution in [-0.4, -0.2) is 29.9 Å². The monoisotopic (exact) mass is 353 g/mol. The summed E-state index contributed by atoms with van der Waals surface area (Å²) in [6, 6.07) is 8.86. The number of carbonyl (C=O) groups excluding carboxylic acids is 2. The normalized spacial score (nSPS) is 11.7. The minimum Gasteiger partial charge on any atom is -0.357 e. The van der Waals surface area contributed by atoms with Gasteiger partial charge in [-0.1, -0.05) is 25.5 Å². The third-order valence-electron chi connectivity index (χ3n) is 4.66. The van der Waals surface area contributed by atoms with Crippen molar-refractivity contribution in [3.05, 3.63) is 52.7 Å². The maximum Gasteiger partial charge on any atom is 0.251 e. The molecule has 1 unspecified atom stereocenters. The summed E-state index contributed by atoms with van der Waals surface area (Å²) in [5.74, 6) is -0.422. The SMILES string of the molecule is CCCC(NC(=O)c1ccc(-c2cc(C)c(C)c(C)n2)cc1)C(=O)NC. The molecule has 0 bridgehead atoms. The van der Waals surface area contributed by atoms with Crippen molar-refractivity contribution in [1.29, 1.82) is 0 Å². The zero-order chi connectivity index (χ0) is 19.3. The van der Waals surface area contributed by atoms with Gasteiger partial charge in [0.05, 0.1) is 5.69 Å². The third kappa shape index (κ3) is 4.48. The van der Waals surface area contributed by atoms with Crippen LogP contribution in [0.15, 0.2) is 30.3 Å². The Bertz CT molecular complexity index is 774. The third-order valence-corrected chi connectivity index (χ3v) is 4.66. The lowest BCUT2D eigenvalue weighted by atomic mass is 10.0. The maximum absolute atomic E-state index is 12.4. The highest BCUT2D eigenvalue weighted by atomic mass is 16.2. The molecule has 1 atom stereocenters. The fraction of sp³-hybridized carbons (Fsp3) is 0.381. The average molecular weight is 353 g/mol. The second-order valence-corrected chi connectivity index (χ2v) is 6.54. The first-order valence-electron chi connectivity index (χ1n) is 8.95. The molecular formula is C21H27N3O2. The Morgan fingerprint density at radius 2 is 1.77 bits per heavy atom. The Balaban J connectivity index is 2.18. The van der Waals surface area contributed by atoms with Crippen LogP contribution in [0.2, 0.25) is 0 Å². The van der Waals surface area contributed by atoms with E-state index in [4.69, 9.17) is 0 Å².